The van der Waals surface area contributed by atoms with Crippen LogP contribution in [-0.2, 0) is 28.6 Å². The maximum Gasteiger partial charge on any atom is 0.416 e. The van der Waals surface area contributed by atoms with E-state index in [9.17, 15) is 22.8 Å². The molecule has 1 heterocycles. The van der Waals surface area contributed by atoms with Gasteiger partial charge in [-0.15, -0.1) is 0 Å². The third-order valence-corrected chi connectivity index (χ3v) is 6.17. The summed E-state index contributed by atoms with van der Waals surface area (Å²) in [5, 5.41) is 3.75. The standard InChI is InChI=1S/C28H26F3N3O2/c1-18-23(22-13-6-7-14-24(22)32-18)17-26(35)33-25(15-19-9-4-3-5-10-19)27(36)34(2)21-12-8-11-20(16-21)28(29,30)31/h3-14,16,25,32H,15,17H2,1-2H3,(H,33,35)/t25-/m0/s1. The maximum atomic E-state index is 13.5. The molecule has 0 spiro atoms. The van der Waals surface area contributed by atoms with Gasteiger partial charge >= 0.3 is 6.18 Å². The van der Waals surface area contributed by atoms with Crippen LogP contribution in [0.1, 0.15) is 22.4 Å². The molecule has 186 valence electrons. The van der Waals surface area contributed by atoms with Crippen LogP contribution in [0.5, 0.6) is 0 Å². The number of aromatic nitrogens is 1. The minimum atomic E-state index is -4.53. The van der Waals surface area contributed by atoms with Crippen molar-refractivity contribution in [2.45, 2.75) is 32.0 Å². The highest BCUT2D eigenvalue weighted by Gasteiger charge is 2.32. The zero-order valence-corrected chi connectivity index (χ0v) is 19.9. The fourth-order valence-electron chi connectivity index (χ4n) is 4.27. The molecule has 4 aromatic rings. The second kappa shape index (κ2) is 10.3. The molecule has 1 atom stereocenters. The van der Waals surface area contributed by atoms with Crippen LogP contribution in [0.3, 0.4) is 0 Å². The van der Waals surface area contributed by atoms with Crippen molar-refractivity contribution in [1.82, 2.24) is 10.3 Å². The van der Waals surface area contributed by atoms with E-state index in [1.54, 1.807) is 0 Å². The van der Waals surface area contributed by atoms with Gasteiger partial charge < -0.3 is 15.2 Å². The lowest BCUT2D eigenvalue weighted by molar-refractivity contribution is -0.137. The number of aryl methyl sites for hydroxylation is 1. The van der Waals surface area contributed by atoms with E-state index in [4.69, 9.17) is 0 Å². The number of hydrogen-bond acceptors (Lipinski definition) is 2. The number of nitrogens with zero attached hydrogens (tertiary/aromatic N) is 1. The van der Waals surface area contributed by atoms with Crippen molar-refractivity contribution in [3.05, 3.63) is 101 Å². The van der Waals surface area contributed by atoms with E-state index in [2.05, 4.69) is 10.3 Å². The Morgan fingerprint density at radius 1 is 0.972 bits per heavy atom. The molecular weight excluding hydrogens is 467 g/mol. The third kappa shape index (κ3) is 5.59. The summed E-state index contributed by atoms with van der Waals surface area (Å²) in [7, 11) is 1.41. The number of rotatable bonds is 7. The summed E-state index contributed by atoms with van der Waals surface area (Å²) in [6.45, 7) is 1.89. The molecule has 0 radical (unpaired) electrons. The number of amides is 2. The normalized spacial score (nSPS) is 12.4. The molecule has 0 aliphatic rings. The van der Waals surface area contributed by atoms with Gasteiger partial charge in [-0.25, -0.2) is 0 Å². The number of fused-ring (bicyclic) bond motifs is 1. The van der Waals surface area contributed by atoms with Crippen molar-refractivity contribution in [2.75, 3.05) is 11.9 Å². The Hall–Kier alpha value is -4.07. The van der Waals surface area contributed by atoms with E-state index in [1.807, 2.05) is 61.5 Å². The zero-order valence-electron chi connectivity index (χ0n) is 19.9. The van der Waals surface area contributed by atoms with Crippen LogP contribution in [0.4, 0.5) is 18.9 Å². The number of halogens is 3. The lowest BCUT2D eigenvalue weighted by atomic mass is 10.0. The number of aromatic amines is 1. The molecule has 0 bridgehead atoms. The fraction of sp³-hybridized carbons (Fsp3) is 0.214. The summed E-state index contributed by atoms with van der Waals surface area (Å²) in [5.41, 5.74) is 2.67. The predicted molar refractivity (Wildman–Crippen MR) is 134 cm³/mol. The molecule has 2 amide bonds. The Bertz CT molecular complexity index is 1380. The van der Waals surface area contributed by atoms with Crippen molar-refractivity contribution in [3.63, 3.8) is 0 Å². The van der Waals surface area contributed by atoms with Gasteiger partial charge in [-0.2, -0.15) is 13.2 Å². The average molecular weight is 494 g/mol. The molecule has 2 N–H and O–H groups in total. The maximum absolute atomic E-state index is 13.5. The number of hydrogen-bond donors (Lipinski definition) is 2. The number of H-pyrrole nitrogens is 1. The Balaban J connectivity index is 1.58. The molecule has 36 heavy (non-hydrogen) atoms. The van der Waals surface area contributed by atoms with Crippen molar-refractivity contribution < 1.29 is 22.8 Å². The number of likely N-dealkylation sites (N-methyl/N-ethyl adjacent to an activating group) is 1. The van der Waals surface area contributed by atoms with Crippen LogP contribution in [-0.4, -0.2) is 29.9 Å². The summed E-state index contributed by atoms with van der Waals surface area (Å²) >= 11 is 0. The number of anilines is 1. The molecule has 0 aliphatic carbocycles. The van der Waals surface area contributed by atoms with Crippen LogP contribution in [0.2, 0.25) is 0 Å². The molecule has 5 nitrogen and oxygen atoms in total. The Labute approximate surface area is 206 Å². The fourth-order valence-corrected chi connectivity index (χ4v) is 4.27. The average Bonchev–Trinajstić information content (AvgIpc) is 3.17. The Kier molecular flexibility index (Phi) is 7.15. The van der Waals surface area contributed by atoms with Crippen molar-refractivity contribution in [2.24, 2.45) is 0 Å². The van der Waals surface area contributed by atoms with E-state index in [1.165, 1.54) is 19.2 Å². The Morgan fingerprint density at radius 3 is 2.39 bits per heavy atom. The predicted octanol–water partition coefficient (Wildman–Crippen LogP) is 5.43. The first-order valence-corrected chi connectivity index (χ1v) is 11.5. The number of carbonyl (C=O) groups excluding carboxylic acids is 2. The lowest BCUT2D eigenvalue weighted by Crippen LogP contribution is -2.49. The van der Waals surface area contributed by atoms with Crippen LogP contribution in [0.25, 0.3) is 10.9 Å². The summed E-state index contributed by atoms with van der Waals surface area (Å²) in [6, 6.07) is 20.4. The van der Waals surface area contributed by atoms with Gasteiger partial charge in [-0.3, -0.25) is 9.59 Å². The molecule has 1 aromatic heterocycles. The van der Waals surface area contributed by atoms with Gasteiger partial charge in [-0.05, 0) is 42.3 Å². The highest BCUT2D eigenvalue weighted by Crippen LogP contribution is 2.31. The molecule has 4 rings (SSSR count). The SMILES string of the molecule is Cc1[nH]c2ccccc2c1CC(=O)N[C@@H](Cc1ccccc1)C(=O)N(C)c1cccc(C(F)(F)F)c1. The smallest absolute Gasteiger partial charge is 0.358 e. The number of alkyl halides is 3. The first-order valence-electron chi connectivity index (χ1n) is 11.5. The summed E-state index contributed by atoms with van der Waals surface area (Å²) in [4.78, 5) is 31.0. The van der Waals surface area contributed by atoms with E-state index in [0.717, 1.165) is 44.8 Å². The zero-order chi connectivity index (χ0) is 25.9. The molecule has 0 fully saturated rings. The number of benzene rings is 3. The molecule has 0 aliphatic heterocycles. The monoisotopic (exact) mass is 493 g/mol. The van der Waals surface area contributed by atoms with E-state index in [-0.39, 0.29) is 24.4 Å². The number of carbonyl (C=O) groups is 2. The van der Waals surface area contributed by atoms with Crippen LogP contribution >= 0.6 is 0 Å². The molecule has 8 heteroatoms. The number of para-hydroxylation sites is 1. The summed E-state index contributed by atoms with van der Waals surface area (Å²) in [5.74, 6) is -0.864. The van der Waals surface area contributed by atoms with Crippen molar-refractivity contribution >= 4 is 28.4 Å². The van der Waals surface area contributed by atoms with Gasteiger partial charge in [0.15, 0.2) is 0 Å². The topological polar surface area (TPSA) is 65.2 Å². The molecule has 0 saturated carbocycles. The molecular formula is C28H26F3N3O2. The van der Waals surface area contributed by atoms with Gasteiger partial charge in [0.25, 0.3) is 0 Å². The largest absolute Gasteiger partial charge is 0.416 e. The number of nitrogens with one attached hydrogen (secondary N) is 2. The summed E-state index contributed by atoms with van der Waals surface area (Å²) in [6.07, 6.45) is -4.28. The highest BCUT2D eigenvalue weighted by atomic mass is 19.4. The van der Waals surface area contributed by atoms with Crippen molar-refractivity contribution in [1.29, 1.82) is 0 Å². The summed E-state index contributed by atoms with van der Waals surface area (Å²) < 4.78 is 39.6. The minimum absolute atomic E-state index is 0.0572. The van der Waals surface area contributed by atoms with E-state index >= 15 is 0 Å². The van der Waals surface area contributed by atoms with Gasteiger partial charge in [0.1, 0.15) is 6.04 Å². The van der Waals surface area contributed by atoms with Gasteiger partial charge in [0, 0.05) is 35.8 Å². The van der Waals surface area contributed by atoms with Crippen LogP contribution in [0.15, 0.2) is 78.9 Å². The van der Waals surface area contributed by atoms with Gasteiger partial charge in [0.05, 0.1) is 12.0 Å². The Morgan fingerprint density at radius 2 is 1.67 bits per heavy atom. The van der Waals surface area contributed by atoms with Crippen molar-refractivity contribution in [3.8, 4) is 0 Å². The second-order valence-electron chi connectivity index (χ2n) is 8.71. The first kappa shape index (κ1) is 25.0. The van der Waals surface area contributed by atoms with Gasteiger partial charge in [-0.1, -0.05) is 54.6 Å². The van der Waals surface area contributed by atoms with Crippen LogP contribution in [0, 0.1) is 6.92 Å². The molecule has 3 aromatic carbocycles. The molecule has 0 unspecified atom stereocenters. The highest BCUT2D eigenvalue weighted by molar-refractivity contribution is 5.99. The lowest BCUT2D eigenvalue weighted by Gasteiger charge is -2.25. The van der Waals surface area contributed by atoms with Crippen LogP contribution < -0.4 is 10.2 Å². The quantitative estimate of drug-likeness (QED) is 0.361. The van der Waals surface area contributed by atoms with E-state index in [0.29, 0.717) is 0 Å². The molecule has 0 saturated heterocycles. The first-order chi connectivity index (χ1) is 17.1. The van der Waals surface area contributed by atoms with E-state index < -0.39 is 23.7 Å². The second-order valence-corrected chi connectivity index (χ2v) is 8.71. The third-order valence-electron chi connectivity index (χ3n) is 6.17. The van der Waals surface area contributed by atoms with Gasteiger partial charge in [0.2, 0.25) is 11.8 Å². The minimum Gasteiger partial charge on any atom is -0.358 e.